The van der Waals surface area contributed by atoms with Crippen LogP contribution < -0.4 is 0 Å². The molecule has 3 aromatic heterocycles. The van der Waals surface area contributed by atoms with E-state index in [1.165, 1.54) is 40.7 Å². The quantitative estimate of drug-likeness (QED) is 0.372. The maximum absolute atomic E-state index is 4.94. The lowest BCUT2D eigenvalue weighted by Crippen LogP contribution is -2.30. The Bertz CT molecular complexity index is 1550. The normalized spacial score (nSPS) is 16.1. The van der Waals surface area contributed by atoms with Crippen LogP contribution in [0.5, 0.6) is 0 Å². The van der Waals surface area contributed by atoms with Crippen molar-refractivity contribution in [1.29, 1.82) is 0 Å². The third kappa shape index (κ3) is 3.73. The maximum Gasteiger partial charge on any atom is 0.181 e. The Morgan fingerprint density at radius 1 is 1.03 bits per heavy atom. The van der Waals surface area contributed by atoms with Crippen LogP contribution in [0.2, 0.25) is 0 Å². The van der Waals surface area contributed by atoms with Gasteiger partial charge in [-0.2, -0.15) is 10.2 Å². The summed E-state index contributed by atoms with van der Waals surface area (Å²) in [4.78, 5) is 15.8. The van der Waals surface area contributed by atoms with E-state index in [1.54, 1.807) is 0 Å². The van der Waals surface area contributed by atoms with Gasteiger partial charge in [0.15, 0.2) is 5.82 Å². The Labute approximate surface area is 209 Å². The fourth-order valence-electron chi connectivity index (χ4n) is 5.49. The average molecular weight is 479 g/mol. The molecule has 8 heteroatoms. The number of benzene rings is 2. The first-order valence-corrected chi connectivity index (χ1v) is 12.9. The van der Waals surface area contributed by atoms with Crippen molar-refractivity contribution in [3.05, 3.63) is 70.9 Å². The zero-order valence-corrected chi connectivity index (χ0v) is 20.8. The molecule has 4 heterocycles. The number of likely N-dealkylation sites (N-methyl/N-ethyl adjacent to an activating group) is 1. The molecule has 5 aromatic rings. The van der Waals surface area contributed by atoms with Gasteiger partial charge in [0.1, 0.15) is 11.6 Å². The van der Waals surface area contributed by atoms with Crippen LogP contribution in [0.3, 0.4) is 0 Å². The maximum atomic E-state index is 4.94. The molecule has 0 spiro atoms. The van der Waals surface area contributed by atoms with Crippen LogP contribution in [-0.4, -0.2) is 52.9 Å². The van der Waals surface area contributed by atoms with Gasteiger partial charge in [-0.25, -0.2) is 9.97 Å². The van der Waals surface area contributed by atoms with Crippen molar-refractivity contribution in [3.63, 3.8) is 0 Å². The highest BCUT2D eigenvalue weighted by molar-refractivity contribution is 5.84. The number of aromatic amines is 2. The highest BCUT2D eigenvalue weighted by atomic mass is 15.3. The Balaban J connectivity index is 1.14. The van der Waals surface area contributed by atoms with Crippen LogP contribution in [0.1, 0.15) is 54.0 Å². The smallest absolute Gasteiger partial charge is 0.181 e. The molecule has 0 saturated heterocycles. The van der Waals surface area contributed by atoms with Crippen molar-refractivity contribution in [2.75, 3.05) is 13.1 Å². The Morgan fingerprint density at radius 3 is 2.67 bits per heavy atom. The fourth-order valence-corrected chi connectivity index (χ4v) is 5.49. The van der Waals surface area contributed by atoms with E-state index in [2.05, 4.69) is 63.4 Å². The summed E-state index contributed by atoms with van der Waals surface area (Å²) in [5, 5.41) is 13.4. The number of rotatable bonds is 6. The number of nitrogens with one attached hydrogen (secondary N) is 2. The van der Waals surface area contributed by atoms with Crippen LogP contribution >= 0.6 is 0 Å². The lowest BCUT2D eigenvalue weighted by atomic mass is 9.97. The first-order valence-electron chi connectivity index (χ1n) is 12.9. The van der Waals surface area contributed by atoms with Gasteiger partial charge in [-0.3, -0.25) is 14.7 Å². The highest BCUT2D eigenvalue weighted by Gasteiger charge is 2.29. The molecule has 2 aliphatic rings. The van der Waals surface area contributed by atoms with Crippen molar-refractivity contribution >= 4 is 10.9 Å². The van der Waals surface area contributed by atoms with Crippen LogP contribution in [0.4, 0.5) is 0 Å². The third-order valence-corrected chi connectivity index (χ3v) is 7.72. The number of nitrogens with zero attached hydrogens (tertiary/aromatic N) is 6. The largest absolute Gasteiger partial charge is 0.341 e. The molecule has 8 nitrogen and oxygen atoms in total. The van der Waals surface area contributed by atoms with E-state index in [0.29, 0.717) is 5.92 Å². The van der Waals surface area contributed by atoms with Gasteiger partial charge in [-0.15, -0.1) is 0 Å². The number of aryl methyl sites for hydroxylation is 1. The summed E-state index contributed by atoms with van der Waals surface area (Å²) < 4.78 is 1.92. The van der Waals surface area contributed by atoms with E-state index < -0.39 is 0 Å². The molecule has 182 valence electrons. The van der Waals surface area contributed by atoms with Gasteiger partial charge in [-0.1, -0.05) is 37.3 Å². The van der Waals surface area contributed by atoms with Crippen molar-refractivity contribution in [3.8, 4) is 22.8 Å². The highest BCUT2D eigenvalue weighted by Crippen LogP contribution is 2.45. The van der Waals surface area contributed by atoms with E-state index in [4.69, 9.17) is 15.1 Å². The first-order chi connectivity index (χ1) is 17.7. The summed E-state index contributed by atoms with van der Waals surface area (Å²) in [5.41, 5.74) is 8.42. The van der Waals surface area contributed by atoms with Crippen molar-refractivity contribution in [1.82, 2.24) is 39.8 Å². The monoisotopic (exact) mass is 478 g/mol. The average Bonchev–Trinajstić information content (AvgIpc) is 3.30. The molecule has 1 aliphatic carbocycles. The zero-order chi connectivity index (χ0) is 24.2. The van der Waals surface area contributed by atoms with Gasteiger partial charge >= 0.3 is 0 Å². The van der Waals surface area contributed by atoms with E-state index in [-0.39, 0.29) is 0 Å². The minimum absolute atomic E-state index is 0.638. The van der Waals surface area contributed by atoms with Gasteiger partial charge in [0.25, 0.3) is 0 Å². The summed E-state index contributed by atoms with van der Waals surface area (Å²) in [6.07, 6.45) is 6.24. The summed E-state index contributed by atoms with van der Waals surface area (Å²) in [6, 6.07) is 12.8. The van der Waals surface area contributed by atoms with Crippen LogP contribution in [0, 0.1) is 0 Å². The van der Waals surface area contributed by atoms with Gasteiger partial charge in [0.2, 0.25) is 0 Å². The summed E-state index contributed by atoms with van der Waals surface area (Å²) >= 11 is 0. The summed E-state index contributed by atoms with van der Waals surface area (Å²) in [6.45, 7) is 5.32. The van der Waals surface area contributed by atoms with E-state index in [1.807, 2.05) is 17.9 Å². The van der Waals surface area contributed by atoms with Gasteiger partial charge in [0.05, 0.1) is 23.1 Å². The van der Waals surface area contributed by atoms with Crippen molar-refractivity contribution in [2.45, 2.75) is 45.1 Å². The van der Waals surface area contributed by atoms with E-state index in [9.17, 15) is 0 Å². The molecule has 0 bridgehead atoms. The van der Waals surface area contributed by atoms with Crippen LogP contribution in [0.15, 0.2) is 42.6 Å². The molecule has 36 heavy (non-hydrogen) atoms. The number of H-pyrrole nitrogens is 2. The lowest BCUT2D eigenvalue weighted by molar-refractivity contribution is 0.264. The topological polar surface area (TPSA) is 91.3 Å². The standard InChI is InChI=1S/C28H30N8/c1-3-36-13-12-23-24(16-36)31-27(30-23)18-6-8-19(9-7-18)28-32-25(35(2)34-28)14-20-10-11-22-21(15-29-33-22)26(20)17-4-5-17/h6-11,15,17H,3-5,12-14,16H2,1-2H3,(H,29,33)(H,30,31). The number of hydrogen-bond acceptors (Lipinski definition) is 5. The Morgan fingerprint density at radius 2 is 1.86 bits per heavy atom. The minimum atomic E-state index is 0.638. The molecule has 0 amide bonds. The molecule has 0 unspecified atom stereocenters. The van der Waals surface area contributed by atoms with Crippen molar-refractivity contribution in [2.24, 2.45) is 7.05 Å². The second kappa shape index (κ2) is 8.41. The van der Waals surface area contributed by atoms with E-state index in [0.717, 1.165) is 66.6 Å². The molecule has 1 aliphatic heterocycles. The molecule has 1 fully saturated rings. The third-order valence-electron chi connectivity index (χ3n) is 7.72. The zero-order valence-electron chi connectivity index (χ0n) is 20.8. The number of aromatic nitrogens is 7. The Hall–Kier alpha value is -3.78. The van der Waals surface area contributed by atoms with Gasteiger partial charge in [0, 0.05) is 49.5 Å². The molecular weight excluding hydrogens is 448 g/mol. The molecule has 0 radical (unpaired) electrons. The molecule has 2 N–H and O–H groups in total. The number of fused-ring (bicyclic) bond motifs is 2. The molecular formula is C28H30N8. The van der Waals surface area contributed by atoms with Gasteiger partial charge in [-0.05, 0) is 42.5 Å². The van der Waals surface area contributed by atoms with Crippen molar-refractivity contribution < 1.29 is 0 Å². The summed E-state index contributed by atoms with van der Waals surface area (Å²) in [7, 11) is 1.99. The second-order valence-corrected chi connectivity index (χ2v) is 10.1. The summed E-state index contributed by atoms with van der Waals surface area (Å²) in [5.74, 6) is 3.31. The predicted molar refractivity (Wildman–Crippen MR) is 140 cm³/mol. The number of imidazole rings is 1. The predicted octanol–water partition coefficient (Wildman–Crippen LogP) is 4.59. The molecule has 7 rings (SSSR count). The number of hydrogen-bond donors (Lipinski definition) is 2. The fraction of sp³-hybridized carbons (Fsp3) is 0.357. The first kappa shape index (κ1) is 21.5. The van der Waals surface area contributed by atoms with E-state index >= 15 is 0 Å². The van der Waals surface area contributed by atoms with Crippen LogP contribution in [-0.2, 0) is 26.4 Å². The Kier molecular flexibility index (Phi) is 5.02. The molecule has 1 saturated carbocycles. The molecule has 0 atom stereocenters. The lowest BCUT2D eigenvalue weighted by Gasteiger charge is -2.23. The SMILES string of the molecule is CCN1CCc2nc(-c3ccc(-c4nc(Cc5ccc6[nH]ncc6c5C5CC5)n(C)n4)cc3)[nH]c2C1. The molecule has 2 aromatic carbocycles. The van der Waals surface area contributed by atoms with Gasteiger partial charge < -0.3 is 4.98 Å². The minimum Gasteiger partial charge on any atom is -0.341 e. The second-order valence-electron chi connectivity index (χ2n) is 10.1. The van der Waals surface area contributed by atoms with Crippen LogP contribution in [0.25, 0.3) is 33.7 Å².